The molecule has 2 rings (SSSR count). The van der Waals surface area contributed by atoms with E-state index in [-0.39, 0.29) is 6.10 Å². The van der Waals surface area contributed by atoms with Crippen LogP contribution in [-0.4, -0.2) is 35.4 Å². The summed E-state index contributed by atoms with van der Waals surface area (Å²) in [4.78, 5) is 4.27. The van der Waals surface area contributed by atoms with Crippen LogP contribution in [0.5, 0.6) is 0 Å². The molecule has 0 radical (unpaired) electrons. The van der Waals surface area contributed by atoms with Gasteiger partial charge in [-0.3, -0.25) is 0 Å². The van der Waals surface area contributed by atoms with Crippen LogP contribution in [0.25, 0.3) is 0 Å². The molecule has 2 heterocycles. The number of morpholine rings is 1. The zero-order valence-corrected chi connectivity index (χ0v) is 8.79. The fourth-order valence-corrected chi connectivity index (χ4v) is 1.68. The van der Waals surface area contributed by atoms with Crippen molar-refractivity contribution < 1.29 is 4.74 Å². The Morgan fingerprint density at radius 3 is 3.07 bits per heavy atom. The Morgan fingerprint density at radius 2 is 2.50 bits per heavy atom. The van der Waals surface area contributed by atoms with Crippen LogP contribution in [0.4, 0.5) is 0 Å². The van der Waals surface area contributed by atoms with Crippen LogP contribution in [0.1, 0.15) is 11.4 Å². The van der Waals surface area contributed by atoms with E-state index in [1.807, 2.05) is 13.3 Å². The van der Waals surface area contributed by atoms with Gasteiger partial charge in [-0.2, -0.15) is 0 Å². The molecule has 1 unspecified atom stereocenters. The van der Waals surface area contributed by atoms with Crippen molar-refractivity contribution in [3.8, 4) is 0 Å². The van der Waals surface area contributed by atoms with Crippen molar-refractivity contribution >= 4 is 0 Å². The summed E-state index contributed by atoms with van der Waals surface area (Å²) >= 11 is 0. The Labute approximate surface area is 84.3 Å². The molecular weight excluding hydrogens is 178 g/mol. The number of hydrogen-bond donors (Lipinski definition) is 1. The first-order valence-corrected chi connectivity index (χ1v) is 5.08. The minimum atomic E-state index is 0.288. The van der Waals surface area contributed by atoms with Gasteiger partial charge in [0.15, 0.2) is 0 Å². The summed E-state index contributed by atoms with van der Waals surface area (Å²) in [5, 5.41) is 3.32. The number of aryl methyl sites for hydroxylation is 1. The van der Waals surface area contributed by atoms with Gasteiger partial charge in [0.25, 0.3) is 0 Å². The van der Waals surface area contributed by atoms with Crippen LogP contribution < -0.4 is 5.32 Å². The molecule has 1 aliphatic rings. The lowest BCUT2D eigenvalue weighted by Crippen LogP contribution is -2.40. The van der Waals surface area contributed by atoms with E-state index in [1.54, 1.807) is 0 Å². The molecule has 1 aromatic heterocycles. The Morgan fingerprint density at radius 1 is 1.64 bits per heavy atom. The Balaban J connectivity index is 1.99. The van der Waals surface area contributed by atoms with Gasteiger partial charge in [-0.1, -0.05) is 0 Å². The van der Waals surface area contributed by atoms with Crippen molar-refractivity contribution in [3.63, 3.8) is 0 Å². The minimum absolute atomic E-state index is 0.288. The summed E-state index contributed by atoms with van der Waals surface area (Å²) < 4.78 is 7.79. The van der Waals surface area contributed by atoms with Crippen LogP contribution in [0.2, 0.25) is 0 Å². The maximum Gasteiger partial charge on any atom is 0.0952 e. The molecule has 1 N–H and O–H groups in total. The van der Waals surface area contributed by atoms with E-state index in [0.29, 0.717) is 0 Å². The number of ether oxygens (including phenoxy) is 1. The van der Waals surface area contributed by atoms with Gasteiger partial charge in [-0.25, -0.2) is 4.98 Å². The first kappa shape index (κ1) is 9.68. The van der Waals surface area contributed by atoms with Gasteiger partial charge in [0.1, 0.15) is 0 Å². The molecule has 4 nitrogen and oxygen atoms in total. The molecule has 0 amide bonds. The van der Waals surface area contributed by atoms with Crippen molar-refractivity contribution in [3.05, 3.63) is 17.7 Å². The first-order chi connectivity index (χ1) is 6.77. The van der Waals surface area contributed by atoms with Crippen LogP contribution in [0.3, 0.4) is 0 Å². The lowest BCUT2D eigenvalue weighted by molar-refractivity contribution is 0.0179. The highest BCUT2D eigenvalue weighted by atomic mass is 16.5. The second kappa shape index (κ2) is 4.11. The molecule has 0 spiro atoms. The van der Waals surface area contributed by atoms with E-state index in [4.69, 9.17) is 4.74 Å². The Bertz CT molecular complexity index is 302. The van der Waals surface area contributed by atoms with Gasteiger partial charge in [0.05, 0.1) is 31.3 Å². The van der Waals surface area contributed by atoms with Crippen LogP contribution >= 0.6 is 0 Å². The van der Waals surface area contributed by atoms with E-state index < -0.39 is 0 Å². The maximum atomic E-state index is 5.64. The van der Waals surface area contributed by atoms with E-state index >= 15 is 0 Å². The Hall–Kier alpha value is -0.870. The second-order valence-electron chi connectivity index (χ2n) is 3.76. The summed E-state index contributed by atoms with van der Waals surface area (Å²) in [6.07, 6.45) is 2.18. The Kier molecular flexibility index (Phi) is 2.84. The summed E-state index contributed by atoms with van der Waals surface area (Å²) in [5.74, 6) is 0. The summed E-state index contributed by atoms with van der Waals surface area (Å²) in [7, 11) is 0. The van der Waals surface area contributed by atoms with Crippen LogP contribution in [0, 0.1) is 13.8 Å². The van der Waals surface area contributed by atoms with E-state index in [0.717, 1.165) is 31.9 Å². The fraction of sp³-hybridized carbons (Fsp3) is 0.700. The van der Waals surface area contributed by atoms with Gasteiger partial charge in [-0.05, 0) is 13.8 Å². The number of hydrogen-bond acceptors (Lipinski definition) is 3. The third-order valence-corrected chi connectivity index (χ3v) is 2.75. The molecule has 1 fully saturated rings. The van der Waals surface area contributed by atoms with E-state index in [9.17, 15) is 0 Å². The van der Waals surface area contributed by atoms with Gasteiger partial charge in [0.2, 0.25) is 0 Å². The van der Waals surface area contributed by atoms with Gasteiger partial charge >= 0.3 is 0 Å². The highest BCUT2D eigenvalue weighted by Crippen LogP contribution is 2.07. The molecule has 0 aliphatic carbocycles. The molecule has 4 heteroatoms. The lowest BCUT2D eigenvalue weighted by Gasteiger charge is -2.24. The van der Waals surface area contributed by atoms with Gasteiger partial charge in [0, 0.05) is 18.8 Å². The minimum Gasteiger partial charge on any atom is -0.374 e. The molecule has 14 heavy (non-hydrogen) atoms. The first-order valence-electron chi connectivity index (χ1n) is 5.08. The van der Waals surface area contributed by atoms with Crippen LogP contribution in [0.15, 0.2) is 6.33 Å². The third kappa shape index (κ3) is 1.96. The largest absolute Gasteiger partial charge is 0.374 e. The summed E-state index contributed by atoms with van der Waals surface area (Å²) in [6, 6.07) is 0. The zero-order valence-electron chi connectivity index (χ0n) is 8.79. The summed E-state index contributed by atoms with van der Waals surface area (Å²) in [5.41, 5.74) is 2.34. The van der Waals surface area contributed by atoms with E-state index in [2.05, 4.69) is 21.8 Å². The van der Waals surface area contributed by atoms with Gasteiger partial charge < -0.3 is 14.6 Å². The highest BCUT2D eigenvalue weighted by molar-refractivity contribution is 5.08. The standard InChI is InChI=1S/C10H17N3O/c1-8-9(2)13(7-12-8)6-10-5-11-3-4-14-10/h7,10-11H,3-6H2,1-2H3. The number of rotatable bonds is 2. The molecule has 1 atom stereocenters. The summed E-state index contributed by atoms with van der Waals surface area (Å²) in [6.45, 7) is 7.76. The van der Waals surface area contributed by atoms with Crippen molar-refractivity contribution in [1.29, 1.82) is 0 Å². The molecule has 78 valence electrons. The third-order valence-electron chi connectivity index (χ3n) is 2.75. The van der Waals surface area contributed by atoms with Crippen molar-refractivity contribution in [2.24, 2.45) is 0 Å². The smallest absolute Gasteiger partial charge is 0.0952 e. The zero-order chi connectivity index (χ0) is 9.97. The number of aromatic nitrogens is 2. The van der Waals surface area contributed by atoms with Crippen molar-refractivity contribution in [2.75, 3.05) is 19.7 Å². The molecule has 0 bridgehead atoms. The molecule has 0 saturated carbocycles. The molecule has 1 aromatic rings. The monoisotopic (exact) mass is 195 g/mol. The number of nitrogens with zero attached hydrogens (tertiary/aromatic N) is 2. The van der Waals surface area contributed by atoms with Crippen molar-refractivity contribution in [2.45, 2.75) is 26.5 Å². The fourth-order valence-electron chi connectivity index (χ4n) is 1.68. The topological polar surface area (TPSA) is 39.1 Å². The second-order valence-corrected chi connectivity index (χ2v) is 3.76. The lowest BCUT2D eigenvalue weighted by atomic mass is 10.3. The molecular formula is C10H17N3O. The average Bonchev–Trinajstić information content (AvgIpc) is 2.52. The van der Waals surface area contributed by atoms with Crippen molar-refractivity contribution in [1.82, 2.24) is 14.9 Å². The van der Waals surface area contributed by atoms with E-state index in [1.165, 1.54) is 5.69 Å². The molecule has 1 saturated heterocycles. The average molecular weight is 195 g/mol. The number of nitrogens with one attached hydrogen (secondary N) is 1. The molecule has 1 aliphatic heterocycles. The maximum absolute atomic E-state index is 5.64. The number of imidazole rings is 1. The quantitative estimate of drug-likeness (QED) is 0.746. The SMILES string of the molecule is Cc1ncn(CC2CNCCO2)c1C. The van der Waals surface area contributed by atoms with Gasteiger partial charge in [-0.15, -0.1) is 0 Å². The molecule has 0 aromatic carbocycles. The highest BCUT2D eigenvalue weighted by Gasteiger charge is 2.14. The predicted molar refractivity (Wildman–Crippen MR) is 54.3 cm³/mol. The predicted octanol–water partition coefficient (Wildman–Crippen LogP) is 0.488. The van der Waals surface area contributed by atoms with Crippen LogP contribution in [-0.2, 0) is 11.3 Å². The normalized spacial score (nSPS) is 22.6.